The van der Waals surface area contributed by atoms with Gasteiger partial charge in [0.05, 0.1) is 25.5 Å². The van der Waals surface area contributed by atoms with Gasteiger partial charge in [0.2, 0.25) is 5.91 Å². The molecule has 3 rings (SSSR count). The number of hydrogen-bond donors (Lipinski definition) is 0. The lowest BCUT2D eigenvalue weighted by atomic mass is 10.0. The van der Waals surface area contributed by atoms with Gasteiger partial charge in [0.15, 0.2) is 0 Å². The topological polar surface area (TPSA) is 63.0 Å². The molecule has 0 aliphatic carbocycles. The van der Waals surface area contributed by atoms with E-state index >= 15 is 0 Å². The monoisotopic (exact) mass is 382 g/mol. The van der Waals surface area contributed by atoms with E-state index in [9.17, 15) is 9.59 Å². The maximum absolute atomic E-state index is 13.0. The van der Waals surface area contributed by atoms with E-state index in [0.717, 1.165) is 37.3 Å². The number of hydrogen-bond acceptors (Lipinski definition) is 5. The van der Waals surface area contributed by atoms with Gasteiger partial charge >= 0.3 is 5.97 Å². The minimum atomic E-state index is -0.376. The summed E-state index contributed by atoms with van der Waals surface area (Å²) in [5.41, 5.74) is 1.33. The first kappa shape index (κ1) is 19.9. The van der Waals surface area contributed by atoms with Gasteiger partial charge in [-0.1, -0.05) is 12.1 Å². The van der Waals surface area contributed by atoms with Crippen molar-refractivity contribution in [2.24, 2.45) is 0 Å². The number of piperidine rings is 1. The molecule has 1 fully saturated rings. The molecule has 2 heterocycles. The van der Waals surface area contributed by atoms with E-state index in [1.807, 2.05) is 17.0 Å². The average Bonchev–Trinajstić information content (AvgIpc) is 3.24. The number of benzene rings is 1. The van der Waals surface area contributed by atoms with E-state index in [4.69, 9.17) is 9.15 Å². The standard InChI is InChI=1S/C22H26N2O4/c1-23-13-11-19(12-14-23)24(16-20-4-3-15-28-20)21(25)10-7-17-5-8-18(9-6-17)22(26)27-2/h3-10,15,19H,11-14,16H2,1-2H3/b10-7+. The van der Waals surface area contributed by atoms with E-state index in [1.165, 1.54) is 7.11 Å². The number of likely N-dealkylation sites (tertiary alicyclic amines) is 1. The summed E-state index contributed by atoms with van der Waals surface area (Å²) < 4.78 is 10.2. The van der Waals surface area contributed by atoms with Crippen molar-refractivity contribution in [3.05, 3.63) is 65.6 Å². The molecule has 2 aromatic rings. The Bertz CT molecular complexity index is 804. The summed E-state index contributed by atoms with van der Waals surface area (Å²) in [6.07, 6.45) is 6.89. The summed E-state index contributed by atoms with van der Waals surface area (Å²) in [7, 11) is 3.46. The number of carbonyl (C=O) groups is 2. The van der Waals surface area contributed by atoms with Gasteiger partial charge in [-0.25, -0.2) is 4.79 Å². The number of nitrogens with zero attached hydrogens (tertiary/aromatic N) is 2. The summed E-state index contributed by atoms with van der Waals surface area (Å²) in [6.45, 7) is 2.42. The molecule has 1 amide bonds. The van der Waals surface area contributed by atoms with Crippen molar-refractivity contribution in [2.45, 2.75) is 25.4 Å². The third kappa shape index (κ3) is 5.10. The Morgan fingerprint density at radius 2 is 1.93 bits per heavy atom. The SMILES string of the molecule is COC(=O)c1ccc(/C=C/C(=O)N(Cc2ccco2)C2CCN(C)CC2)cc1. The highest BCUT2D eigenvalue weighted by Gasteiger charge is 2.26. The van der Waals surface area contributed by atoms with Crippen molar-refractivity contribution < 1.29 is 18.7 Å². The van der Waals surface area contributed by atoms with Crippen LogP contribution in [0.25, 0.3) is 6.08 Å². The van der Waals surface area contributed by atoms with Crippen LogP contribution in [0.2, 0.25) is 0 Å². The van der Waals surface area contributed by atoms with E-state index < -0.39 is 0 Å². The summed E-state index contributed by atoms with van der Waals surface area (Å²) >= 11 is 0. The molecule has 148 valence electrons. The number of amides is 1. The highest BCUT2D eigenvalue weighted by atomic mass is 16.5. The number of carbonyl (C=O) groups excluding carboxylic acids is 2. The summed E-state index contributed by atoms with van der Waals surface area (Å²) in [6, 6.07) is 10.9. The highest BCUT2D eigenvalue weighted by molar-refractivity contribution is 5.92. The number of esters is 1. The predicted octanol–water partition coefficient (Wildman–Crippen LogP) is 3.20. The van der Waals surface area contributed by atoms with Crippen molar-refractivity contribution >= 4 is 18.0 Å². The van der Waals surface area contributed by atoms with Crippen molar-refractivity contribution in [1.82, 2.24) is 9.80 Å². The molecule has 0 atom stereocenters. The van der Waals surface area contributed by atoms with Crippen LogP contribution < -0.4 is 0 Å². The predicted molar refractivity (Wildman–Crippen MR) is 107 cm³/mol. The van der Waals surface area contributed by atoms with Crippen LogP contribution in [-0.4, -0.2) is 55.0 Å². The fourth-order valence-corrected chi connectivity index (χ4v) is 3.38. The van der Waals surface area contributed by atoms with Crippen molar-refractivity contribution in [3.8, 4) is 0 Å². The Kier molecular flexibility index (Phi) is 6.66. The molecular weight excluding hydrogens is 356 g/mol. The highest BCUT2D eigenvalue weighted by Crippen LogP contribution is 2.19. The fourth-order valence-electron chi connectivity index (χ4n) is 3.38. The van der Waals surface area contributed by atoms with Crippen LogP contribution in [0.3, 0.4) is 0 Å². The molecule has 1 aliphatic heterocycles. The van der Waals surface area contributed by atoms with E-state index in [-0.39, 0.29) is 17.9 Å². The van der Waals surface area contributed by atoms with Crippen molar-refractivity contribution in [1.29, 1.82) is 0 Å². The van der Waals surface area contributed by atoms with Gasteiger partial charge in [-0.05, 0) is 68.9 Å². The molecule has 1 saturated heterocycles. The van der Waals surface area contributed by atoms with Gasteiger partial charge in [0.25, 0.3) is 0 Å². The van der Waals surface area contributed by atoms with Crippen LogP contribution in [0, 0.1) is 0 Å². The fraction of sp³-hybridized carbons (Fsp3) is 0.364. The Balaban J connectivity index is 1.71. The lowest BCUT2D eigenvalue weighted by Gasteiger charge is -2.36. The number of ether oxygens (including phenoxy) is 1. The molecular formula is C22H26N2O4. The van der Waals surface area contributed by atoms with Gasteiger partial charge in [0, 0.05) is 12.1 Å². The van der Waals surface area contributed by atoms with Crippen LogP contribution in [0.1, 0.15) is 34.5 Å². The first-order valence-electron chi connectivity index (χ1n) is 9.45. The van der Waals surface area contributed by atoms with Crippen LogP contribution in [-0.2, 0) is 16.1 Å². The molecule has 0 radical (unpaired) electrons. The Morgan fingerprint density at radius 1 is 1.21 bits per heavy atom. The molecule has 0 unspecified atom stereocenters. The maximum atomic E-state index is 13.0. The molecule has 6 heteroatoms. The molecule has 0 bridgehead atoms. The van der Waals surface area contributed by atoms with E-state index in [0.29, 0.717) is 12.1 Å². The van der Waals surface area contributed by atoms with Crippen LogP contribution in [0.15, 0.2) is 53.2 Å². The number of furan rings is 1. The first-order chi connectivity index (χ1) is 13.6. The molecule has 0 N–H and O–H groups in total. The molecule has 1 aromatic heterocycles. The molecule has 28 heavy (non-hydrogen) atoms. The van der Waals surface area contributed by atoms with Gasteiger partial charge in [-0.15, -0.1) is 0 Å². The largest absolute Gasteiger partial charge is 0.467 e. The molecule has 1 aromatic carbocycles. The van der Waals surface area contributed by atoms with Crippen molar-refractivity contribution in [2.75, 3.05) is 27.2 Å². The molecule has 6 nitrogen and oxygen atoms in total. The lowest BCUT2D eigenvalue weighted by molar-refractivity contribution is -0.130. The van der Waals surface area contributed by atoms with Gasteiger partial charge < -0.3 is 19.0 Å². The third-order valence-corrected chi connectivity index (χ3v) is 5.07. The zero-order chi connectivity index (χ0) is 19.9. The minimum Gasteiger partial charge on any atom is -0.467 e. The zero-order valence-corrected chi connectivity index (χ0v) is 16.3. The summed E-state index contributed by atoms with van der Waals surface area (Å²) in [5.74, 6) is 0.365. The number of rotatable bonds is 6. The van der Waals surface area contributed by atoms with Gasteiger partial charge in [-0.3, -0.25) is 4.79 Å². The Hall–Kier alpha value is -2.86. The third-order valence-electron chi connectivity index (χ3n) is 5.07. The van der Waals surface area contributed by atoms with E-state index in [1.54, 1.807) is 42.7 Å². The van der Waals surface area contributed by atoms with Crippen molar-refractivity contribution in [3.63, 3.8) is 0 Å². The average molecular weight is 382 g/mol. The quantitative estimate of drug-likeness (QED) is 0.567. The van der Waals surface area contributed by atoms with Gasteiger partial charge in [-0.2, -0.15) is 0 Å². The van der Waals surface area contributed by atoms with Crippen LogP contribution in [0.5, 0.6) is 0 Å². The zero-order valence-electron chi connectivity index (χ0n) is 16.3. The summed E-state index contributed by atoms with van der Waals surface area (Å²) in [4.78, 5) is 28.6. The Morgan fingerprint density at radius 3 is 2.54 bits per heavy atom. The molecule has 1 aliphatic rings. The first-order valence-corrected chi connectivity index (χ1v) is 9.45. The van der Waals surface area contributed by atoms with Crippen LogP contribution in [0.4, 0.5) is 0 Å². The van der Waals surface area contributed by atoms with Crippen LogP contribution >= 0.6 is 0 Å². The lowest BCUT2D eigenvalue weighted by Crippen LogP contribution is -2.45. The second-order valence-corrected chi connectivity index (χ2v) is 7.03. The van der Waals surface area contributed by atoms with Gasteiger partial charge in [0.1, 0.15) is 5.76 Å². The molecule has 0 saturated carbocycles. The second kappa shape index (κ2) is 9.37. The molecule has 0 spiro atoms. The summed E-state index contributed by atoms with van der Waals surface area (Å²) in [5, 5.41) is 0. The smallest absolute Gasteiger partial charge is 0.337 e. The second-order valence-electron chi connectivity index (χ2n) is 7.03. The van der Waals surface area contributed by atoms with E-state index in [2.05, 4.69) is 11.9 Å². The minimum absolute atomic E-state index is 0.0389. The number of methoxy groups -OCH3 is 1. The normalized spacial score (nSPS) is 15.6. The Labute approximate surface area is 165 Å². The maximum Gasteiger partial charge on any atom is 0.337 e.